The van der Waals surface area contributed by atoms with E-state index in [4.69, 9.17) is 0 Å². The van der Waals surface area contributed by atoms with Gasteiger partial charge in [0, 0.05) is 31.9 Å². The maximum absolute atomic E-state index is 3.47. The van der Waals surface area contributed by atoms with Gasteiger partial charge in [-0.1, -0.05) is 12.1 Å². The fraction of sp³-hybridized carbons (Fsp3) is 0.667. The number of anilines is 1. The summed E-state index contributed by atoms with van der Waals surface area (Å²) in [6.45, 7) is 10.7. The molecule has 1 atom stereocenters. The highest BCUT2D eigenvalue weighted by Gasteiger charge is 2.18. The van der Waals surface area contributed by atoms with Crippen LogP contribution >= 0.6 is 0 Å². The third-order valence-electron chi connectivity index (χ3n) is 4.99. The molecule has 2 saturated heterocycles. The van der Waals surface area contributed by atoms with Gasteiger partial charge in [0.2, 0.25) is 0 Å². The first-order chi connectivity index (χ1) is 10.3. The molecule has 2 aliphatic heterocycles. The molecule has 2 fully saturated rings. The molecule has 2 aliphatic rings. The van der Waals surface area contributed by atoms with Crippen LogP contribution in [0.5, 0.6) is 0 Å². The van der Waals surface area contributed by atoms with E-state index in [9.17, 15) is 0 Å². The van der Waals surface area contributed by atoms with Crippen molar-refractivity contribution in [2.24, 2.45) is 5.92 Å². The van der Waals surface area contributed by atoms with Crippen LogP contribution in [0, 0.1) is 12.8 Å². The fourth-order valence-electron chi connectivity index (χ4n) is 3.62. The average Bonchev–Trinajstić information content (AvgIpc) is 3.01. The molecule has 0 bridgehead atoms. The van der Waals surface area contributed by atoms with E-state index in [1.807, 2.05) is 0 Å². The minimum Gasteiger partial charge on any atom is -0.369 e. The van der Waals surface area contributed by atoms with Crippen LogP contribution in [0.2, 0.25) is 0 Å². The van der Waals surface area contributed by atoms with Crippen molar-refractivity contribution < 1.29 is 0 Å². The first-order valence-corrected chi connectivity index (χ1v) is 8.56. The molecule has 0 spiro atoms. The average molecular weight is 287 g/mol. The number of hydrogen-bond donors (Lipinski definition) is 1. The summed E-state index contributed by atoms with van der Waals surface area (Å²) in [4.78, 5) is 5.18. The lowest BCUT2D eigenvalue weighted by Gasteiger charge is -2.36. The molecule has 1 unspecified atom stereocenters. The topological polar surface area (TPSA) is 18.5 Å². The second-order valence-electron chi connectivity index (χ2n) is 6.67. The minimum absolute atomic E-state index is 0.943. The summed E-state index contributed by atoms with van der Waals surface area (Å²) in [6, 6.07) is 8.91. The molecule has 0 aromatic heterocycles. The second-order valence-corrected chi connectivity index (χ2v) is 6.67. The summed E-state index contributed by atoms with van der Waals surface area (Å²) in [5.74, 6) is 0.943. The van der Waals surface area contributed by atoms with E-state index in [0.717, 1.165) is 5.92 Å². The van der Waals surface area contributed by atoms with Crippen LogP contribution < -0.4 is 10.2 Å². The zero-order valence-corrected chi connectivity index (χ0v) is 13.4. The van der Waals surface area contributed by atoms with Gasteiger partial charge in [-0.05, 0) is 69.4 Å². The molecule has 1 aromatic rings. The van der Waals surface area contributed by atoms with Crippen LogP contribution in [0.15, 0.2) is 24.3 Å². The quantitative estimate of drug-likeness (QED) is 0.898. The van der Waals surface area contributed by atoms with Crippen LogP contribution in [0.25, 0.3) is 0 Å². The van der Waals surface area contributed by atoms with Gasteiger partial charge in [-0.2, -0.15) is 0 Å². The highest BCUT2D eigenvalue weighted by Crippen LogP contribution is 2.19. The second kappa shape index (κ2) is 7.28. The van der Waals surface area contributed by atoms with Gasteiger partial charge in [-0.15, -0.1) is 0 Å². The van der Waals surface area contributed by atoms with Crippen LogP contribution in [0.1, 0.15) is 24.8 Å². The molecule has 3 nitrogen and oxygen atoms in total. The lowest BCUT2D eigenvalue weighted by Crippen LogP contribution is -2.46. The smallest absolute Gasteiger partial charge is 0.0369 e. The van der Waals surface area contributed by atoms with Crippen molar-refractivity contribution in [3.8, 4) is 0 Å². The zero-order chi connectivity index (χ0) is 14.5. The predicted molar refractivity (Wildman–Crippen MR) is 90.0 cm³/mol. The van der Waals surface area contributed by atoms with Crippen molar-refractivity contribution in [1.29, 1.82) is 0 Å². The lowest BCUT2D eigenvalue weighted by atomic mass is 10.0. The number of piperazine rings is 1. The van der Waals surface area contributed by atoms with Crippen molar-refractivity contribution in [1.82, 2.24) is 10.2 Å². The Morgan fingerprint density at radius 3 is 2.76 bits per heavy atom. The summed E-state index contributed by atoms with van der Waals surface area (Å²) < 4.78 is 0. The summed E-state index contributed by atoms with van der Waals surface area (Å²) in [5.41, 5.74) is 2.76. The number of aryl methyl sites for hydroxylation is 1. The number of hydrogen-bond acceptors (Lipinski definition) is 3. The van der Waals surface area contributed by atoms with Gasteiger partial charge >= 0.3 is 0 Å². The summed E-state index contributed by atoms with van der Waals surface area (Å²) in [6.07, 6.45) is 4.17. The largest absolute Gasteiger partial charge is 0.369 e. The third kappa shape index (κ3) is 4.21. The highest BCUT2D eigenvalue weighted by atomic mass is 15.3. The number of nitrogens with one attached hydrogen (secondary N) is 1. The van der Waals surface area contributed by atoms with Gasteiger partial charge in [0.05, 0.1) is 0 Å². The van der Waals surface area contributed by atoms with E-state index in [1.165, 1.54) is 76.3 Å². The Morgan fingerprint density at radius 1 is 1.19 bits per heavy atom. The van der Waals surface area contributed by atoms with Crippen LogP contribution in [-0.2, 0) is 0 Å². The Morgan fingerprint density at radius 2 is 2.05 bits per heavy atom. The van der Waals surface area contributed by atoms with Crippen LogP contribution in [0.4, 0.5) is 5.69 Å². The van der Waals surface area contributed by atoms with Crippen molar-refractivity contribution in [2.75, 3.05) is 50.7 Å². The first kappa shape index (κ1) is 14.9. The van der Waals surface area contributed by atoms with Gasteiger partial charge in [0.1, 0.15) is 0 Å². The molecule has 2 heterocycles. The van der Waals surface area contributed by atoms with E-state index < -0.39 is 0 Å². The Balaban J connectivity index is 1.38. The maximum Gasteiger partial charge on any atom is 0.0369 e. The zero-order valence-electron chi connectivity index (χ0n) is 13.4. The SMILES string of the molecule is Cc1cccc(N2CCN(CCCC3CCNC3)CC2)c1. The summed E-state index contributed by atoms with van der Waals surface area (Å²) >= 11 is 0. The van der Waals surface area contributed by atoms with Crippen molar-refractivity contribution in [3.63, 3.8) is 0 Å². The third-order valence-corrected chi connectivity index (χ3v) is 4.99. The van der Waals surface area contributed by atoms with Crippen molar-refractivity contribution in [2.45, 2.75) is 26.2 Å². The minimum atomic E-state index is 0.943. The van der Waals surface area contributed by atoms with Crippen molar-refractivity contribution in [3.05, 3.63) is 29.8 Å². The number of benzene rings is 1. The number of nitrogens with zero attached hydrogens (tertiary/aromatic N) is 2. The predicted octanol–water partition coefficient (Wildman–Crippen LogP) is 2.51. The van der Waals surface area contributed by atoms with E-state index >= 15 is 0 Å². The Hall–Kier alpha value is -1.06. The molecular formula is C18H29N3. The fourth-order valence-corrected chi connectivity index (χ4v) is 3.62. The van der Waals surface area contributed by atoms with Gasteiger partial charge in [-0.25, -0.2) is 0 Å². The molecule has 3 rings (SSSR count). The van der Waals surface area contributed by atoms with Gasteiger partial charge in [-0.3, -0.25) is 4.90 Å². The Kier molecular flexibility index (Phi) is 5.15. The molecule has 1 aromatic carbocycles. The number of rotatable bonds is 5. The van der Waals surface area contributed by atoms with E-state index in [1.54, 1.807) is 0 Å². The molecular weight excluding hydrogens is 258 g/mol. The van der Waals surface area contributed by atoms with Crippen LogP contribution in [-0.4, -0.2) is 50.7 Å². The Labute approximate surface area is 129 Å². The molecule has 1 N–H and O–H groups in total. The van der Waals surface area contributed by atoms with Gasteiger partial charge in [0.25, 0.3) is 0 Å². The molecule has 0 aliphatic carbocycles. The maximum atomic E-state index is 3.47. The first-order valence-electron chi connectivity index (χ1n) is 8.56. The van der Waals surface area contributed by atoms with E-state index in [0.29, 0.717) is 0 Å². The normalized spacial score (nSPS) is 23.7. The monoisotopic (exact) mass is 287 g/mol. The standard InChI is InChI=1S/C18H29N3/c1-16-4-2-6-18(14-16)21-12-10-20(11-13-21)9-3-5-17-7-8-19-15-17/h2,4,6,14,17,19H,3,5,7-13,15H2,1H3. The lowest BCUT2D eigenvalue weighted by molar-refractivity contribution is 0.247. The molecule has 21 heavy (non-hydrogen) atoms. The van der Waals surface area contributed by atoms with Gasteiger partial charge < -0.3 is 10.2 Å². The van der Waals surface area contributed by atoms with E-state index in [2.05, 4.69) is 46.3 Å². The highest BCUT2D eigenvalue weighted by molar-refractivity contribution is 5.48. The van der Waals surface area contributed by atoms with E-state index in [-0.39, 0.29) is 0 Å². The Bertz CT molecular complexity index is 432. The molecule has 0 saturated carbocycles. The summed E-state index contributed by atoms with van der Waals surface area (Å²) in [7, 11) is 0. The van der Waals surface area contributed by atoms with Gasteiger partial charge in [0.15, 0.2) is 0 Å². The molecule has 0 radical (unpaired) electrons. The van der Waals surface area contributed by atoms with Crippen LogP contribution in [0.3, 0.4) is 0 Å². The molecule has 116 valence electrons. The molecule has 0 amide bonds. The summed E-state index contributed by atoms with van der Waals surface area (Å²) in [5, 5.41) is 3.47. The van der Waals surface area contributed by atoms with Crippen molar-refractivity contribution >= 4 is 5.69 Å². The molecule has 3 heteroatoms.